The maximum Gasteiger partial charge on any atom is 0.329 e. The van der Waals surface area contributed by atoms with Crippen molar-refractivity contribution < 1.29 is 48.1 Å². The molecule has 228 valence electrons. The van der Waals surface area contributed by atoms with Crippen LogP contribution in [0.5, 0.6) is 0 Å². The van der Waals surface area contributed by atoms with Crippen LogP contribution in [0.15, 0.2) is 23.0 Å². The number of fused-ring (bicyclic) bond motifs is 3. The molecule has 0 aliphatic carbocycles. The number of hydrogen-bond acceptors (Lipinski definition) is 11. The number of hydrogen-bond donors (Lipinski definition) is 2. The van der Waals surface area contributed by atoms with Crippen molar-refractivity contribution in [1.82, 2.24) is 9.13 Å². The molecule has 0 amide bonds. The number of halogens is 1. The monoisotopic (exact) mass is 600 g/mol. The fourth-order valence-electron chi connectivity index (χ4n) is 6.39. The molecule has 5 heterocycles. The Morgan fingerprint density at radius 2 is 1.29 bits per heavy atom. The first-order chi connectivity index (χ1) is 19.3. The van der Waals surface area contributed by atoms with Crippen LogP contribution in [0.4, 0.5) is 0 Å². The van der Waals surface area contributed by atoms with Gasteiger partial charge in [-0.25, -0.2) is 4.79 Å². The first kappa shape index (κ1) is 29.5. The summed E-state index contributed by atoms with van der Waals surface area (Å²) in [5.74, 6) is -1.69. The predicted molar refractivity (Wildman–Crippen MR) is 142 cm³/mol. The summed E-state index contributed by atoms with van der Waals surface area (Å²) in [5.41, 5.74) is 0.546. The molecule has 14 heteroatoms. The maximum atomic E-state index is 13.8. The van der Waals surface area contributed by atoms with Gasteiger partial charge in [0.1, 0.15) is 48.8 Å². The van der Waals surface area contributed by atoms with Gasteiger partial charge in [-0.3, -0.25) is 9.13 Å². The number of nitrogens with zero attached hydrogens (tertiary/aromatic N) is 2. The molecular formula is C27H37ClN2O11. The van der Waals surface area contributed by atoms with E-state index in [1.165, 1.54) is 23.4 Å². The molecule has 0 radical (unpaired) electrons. The van der Waals surface area contributed by atoms with Crippen LogP contribution in [0.25, 0.3) is 11.0 Å². The zero-order valence-corrected chi connectivity index (χ0v) is 24.5. The molecular weight excluding hydrogens is 564 g/mol. The molecule has 2 N–H and O–H groups in total. The Hall–Kier alpha value is -1.62. The van der Waals surface area contributed by atoms with Crippen LogP contribution >= 0.6 is 11.6 Å². The largest absolute Gasteiger partial charge is 0.388 e. The van der Waals surface area contributed by atoms with Crippen LogP contribution < -0.4 is 5.69 Å². The van der Waals surface area contributed by atoms with Crippen molar-refractivity contribution in [3.63, 3.8) is 0 Å². The third-order valence-electron chi connectivity index (χ3n) is 8.08. The van der Waals surface area contributed by atoms with E-state index in [1.54, 1.807) is 45.9 Å². The summed E-state index contributed by atoms with van der Waals surface area (Å²) in [4.78, 5) is 13.8. The first-order valence-corrected chi connectivity index (χ1v) is 14.0. The molecule has 2 aromatic rings. The summed E-state index contributed by atoms with van der Waals surface area (Å²) in [6, 6.07) is 4.99. The van der Waals surface area contributed by atoms with Crippen LogP contribution in [-0.4, -0.2) is 107 Å². The normalized spacial score (nSPS) is 37.0. The molecule has 1 aromatic heterocycles. The molecule has 1 aromatic carbocycles. The lowest BCUT2D eigenvalue weighted by atomic mass is 10.1. The molecule has 13 nitrogen and oxygen atoms in total. The average molecular weight is 601 g/mol. The van der Waals surface area contributed by atoms with Crippen LogP contribution in [0, 0.1) is 0 Å². The second-order valence-electron chi connectivity index (χ2n) is 11.8. The van der Waals surface area contributed by atoms with Gasteiger partial charge in [0.05, 0.1) is 24.1 Å². The van der Waals surface area contributed by atoms with Crippen LogP contribution in [0.3, 0.4) is 0 Å². The Bertz CT molecular complexity index is 1340. The Kier molecular flexibility index (Phi) is 7.56. The van der Waals surface area contributed by atoms with Gasteiger partial charge in [-0.05, 0) is 45.9 Å². The number of imidazole rings is 1. The summed E-state index contributed by atoms with van der Waals surface area (Å²) < 4.78 is 49.5. The number of aromatic nitrogens is 2. The second kappa shape index (κ2) is 10.5. The molecule has 0 spiro atoms. The van der Waals surface area contributed by atoms with Gasteiger partial charge in [0.15, 0.2) is 24.2 Å². The van der Waals surface area contributed by atoms with E-state index in [0.717, 1.165) is 0 Å². The summed E-state index contributed by atoms with van der Waals surface area (Å²) in [6.07, 6.45) is -7.65. The van der Waals surface area contributed by atoms with Gasteiger partial charge in [-0.1, -0.05) is 11.6 Å². The van der Waals surface area contributed by atoms with Crippen molar-refractivity contribution >= 4 is 22.6 Å². The lowest BCUT2D eigenvalue weighted by Crippen LogP contribution is -2.46. The van der Waals surface area contributed by atoms with Gasteiger partial charge in [-0.15, -0.1) is 0 Å². The van der Waals surface area contributed by atoms with Gasteiger partial charge in [0.25, 0.3) is 0 Å². The van der Waals surface area contributed by atoms with E-state index in [0.29, 0.717) is 16.1 Å². The standard InChI is InChI=1S/C27H37ClN2O11/c1-26(2)38-21-19(34-5)17(36-23(21)40-26)15(31)10-29-13-8-7-12(28)9-14(13)30(25(29)33)11-16(32)18-20(35-6)22-24(37-18)41-27(3,4)39-22/h7-9,15-24,31-32H,10-11H2,1-6H3/t15-,16+,17+,18+,19-,20-,21-,22-,23-,24-/m1/s1. The molecule has 0 saturated carbocycles. The Morgan fingerprint density at radius 3 is 1.76 bits per heavy atom. The maximum absolute atomic E-state index is 13.8. The van der Waals surface area contributed by atoms with E-state index >= 15 is 0 Å². The lowest BCUT2D eigenvalue weighted by Gasteiger charge is -2.28. The number of methoxy groups -OCH3 is 2. The van der Waals surface area contributed by atoms with E-state index in [4.69, 9.17) is 49.5 Å². The third kappa shape index (κ3) is 5.14. The summed E-state index contributed by atoms with van der Waals surface area (Å²) in [7, 11) is 3.02. The molecule has 0 unspecified atom stereocenters. The molecule has 4 aliphatic rings. The van der Waals surface area contributed by atoms with Crippen molar-refractivity contribution in [2.24, 2.45) is 0 Å². The van der Waals surface area contributed by atoms with E-state index in [1.807, 2.05) is 0 Å². The number of aliphatic hydroxyl groups is 2. The van der Waals surface area contributed by atoms with Crippen molar-refractivity contribution in [3.05, 3.63) is 33.7 Å². The van der Waals surface area contributed by atoms with Crippen molar-refractivity contribution in [3.8, 4) is 0 Å². The summed E-state index contributed by atoms with van der Waals surface area (Å²) in [5, 5.41) is 23.0. The van der Waals surface area contributed by atoms with Crippen molar-refractivity contribution in [2.75, 3.05) is 14.2 Å². The number of benzene rings is 1. The van der Waals surface area contributed by atoms with Gasteiger partial charge >= 0.3 is 5.69 Å². The quantitative estimate of drug-likeness (QED) is 0.447. The van der Waals surface area contributed by atoms with Gasteiger partial charge in [-0.2, -0.15) is 0 Å². The van der Waals surface area contributed by atoms with Crippen molar-refractivity contribution in [1.29, 1.82) is 0 Å². The zero-order valence-electron chi connectivity index (χ0n) is 23.8. The van der Waals surface area contributed by atoms with E-state index in [-0.39, 0.29) is 13.1 Å². The second-order valence-corrected chi connectivity index (χ2v) is 12.2. The Labute approximate surface area is 241 Å². The predicted octanol–water partition coefficient (Wildman–Crippen LogP) is 0.961. The van der Waals surface area contributed by atoms with Gasteiger partial charge in [0.2, 0.25) is 0 Å². The van der Waals surface area contributed by atoms with Crippen LogP contribution in [-0.2, 0) is 51.0 Å². The van der Waals surface area contributed by atoms with Gasteiger partial charge < -0.3 is 48.1 Å². The average Bonchev–Trinajstić information content (AvgIpc) is 3.63. The summed E-state index contributed by atoms with van der Waals surface area (Å²) >= 11 is 6.30. The highest BCUT2D eigenvalue weighted by Crippen LogP contribution is 2.41. The number of ether oxygens (including phenoxy) is 8. The zero-order chi connectivity index (χ0) is 29.4. The Balaban J connectivity index is 1.25. The van der Waals surface area contributed by atoms with Crippen LogP contribution in [0.1, 0.15) is 27.7 Å². The fraction of sp³-hybridized carbons (Fsp3) is 0.741. The molecule has 10 atom stereocenters. The summed E-state index contributed by atoms with van der Waals surface area (Å²) in [6.45, 7) is 6.86. The van der Waals surface area contributed by atoms with Crippen LogP contribution in [0.2, 0.25) is 5.02 Å². The Morgan fingerprint density at radius 1 is 0.829 bits per heavy atom. The molecule has 0 bridgehead atoms. The van der Waals surface area contributed by atoms with Crippen molar-refractivity contribution in [2.45, 2.75) is 114 Å². The minimum absolute atomic E-state index is 0.116. The molecule has 4 fully saturated rings. The molecule has 4 aliphatic heterocycles. The molecule has 41 heavy (non-hydrogen) atoms. The highest BCUT2D eigenvalue weighted by atomic mass is 35.5. The van der Waals surface area contributed by atoms with E-state index in [2.05, 4.69) is 0 Å². The highest BCUT2D eigenvalue weighted by molar-refractivity contribution is 6.31. The smallest absolute Gasteiger partial charge is 0.329 e. The highest BCUT2D eigenvalue weighted by Gasteiger charge is 2.58. The number of aliphatic hydroxyl groups excluding tert-OH is 2. The lowest BCUT2D eigenvalue weighted by molar-refractivity contribution is -0.228. The minimum atomic E-state index is -1.16. The molecule has 6 rings (SSSR count). The third-order valence-corrected chi connectivity index (χ3v) is 8.31. The fourth-order valence-corrected chi connectivity index (χ4v) is 6.56. The number of rotatable bonds is 8. The topological polar surface area (TPSA) is 141 Å². The first-order valence-electron chi connectivity index (χ1n) is 13.6. The van der Waals surface area contributed by atoms with E-state index < -0.39 is 78.7 Å². The van der Waals surface area contributed by atoms with Gasteiger partial charge in [0, 0.05) is 19.2 Å². The minimum Gasteiger partial charge on any atom is -0.388 e. The van der Waals surface area contributed by atoms with E-state index in [9.17, 15) is 15.0 Å². The molecule has 4 saturated heterocycles. The SMILES string of the molecule is CO[C@@H]1[C@H]([C@H](O)Cn2c(=O)n(C[C@H](O)[C@@H]3O[C@@H]4OC(C)(C)O[C@@H]4[C@@H]3OC)c3cc(Cl)ccc32)O[C@@H]2OC(C)(C)O[C@@H]21.